The molecule has 5 atom stereocenters. The summed E-state index contributed by atoms with van der Waals surface area (Å²) < 4.78 is 67.9. The molecule has 0 saturated heterocycles. The standard InChI is InChI=1S/C68H132O17P2/c1-7-9-11-13-14-15-16-21-25-28-33-39-45-51-66(71)79-57-64(85-67(72)52-46-40-34-29-26-23-20-18-17-19-22-24-27-31-37-42-48-60(3)4)59-83-87(76,77)81-55-62(69)54-80-86(74,75)82-58-63(56-78-65(70)50-44-36-12-10-8-2)84-68(73)53-47-41-35-30-32-38-43-49-61(5)6/h60-64,69H,7-59H2,1-6H3,(H,74,75)(H,76,77)/t62-,63+,64+/m0/s1. The molecule has 19 heteroatoms. The minimum absolute atomic E-state index is 0.103. The van der Waals surface area contributed by atoms with Crippen molar-refractivity contribution in [2.24, 2.45) is 11.8 Å². The summed E-state index contributed by atoms with van der Waals surface area (Å²) in [4.78, 5) is 72.1. The van der Waals surface area contributed by atoms with Crippen LogP contribution in [0.2, 0.25) is 0 Å². The summed E-state index contributed by atoms with van der Waals surface area (Å²) in [5.41, 5.74) is 0. The van der Waals surface area contributed by atoms with E-state index in [0.29, 0.717) is 31.6 Å². The highest BCUT2D eigenvalue weighted by atomic mass is 31.2. The number of esters is 4. The molecule has 0 aromatic rings. The van der Waals surface area contributed by atoms with Crippen LogP contribution in [0.4, 0.5) is 0 Å². The van der Waals surface area contributed by atoms with Gasteiger partial charge in [-0.05, 0) is 37.5 Å². The summed E-state index contributed by atoms with van der Waals surface area (Å²) in [6.07, 6.45) is 44.9. The van der Waals surface area contributed by atoms with Crippen LogP contribution in [0.5, 0.6) is 0 Å². The Morgan fingerprint density at radius 1 is 0.310 bits per heavy atom. The van der Waals surface area contributed by atoms with Crippen molar-refractivity contribution in [2.45, 2.75) is 362 Å². The third-order valence-electron chi connectivity index (χ3n) is 15.7. The van der Waals surface area contributed by atoms with E-state index in [1.165, 1.54) is 154 Å². The predicted octanol–water partition coefficient (Wildman–Crippen LogP) is 19.2. The molecule has 0 rings (SSSR count). The van der Waals surface area contributed by atoms with Gasteiger partial charge in [-0.1, -0.05) is 292 Å². The normalized spacial score (nSPS) is 14.2. The molecule has 0 saturated carbocycles. The van der Waals surface area contributed by atoms with Gasteiger partial charge in [0.25, 0.3) is 0 Å². The van der Waals surface area contributed by atoms with Crippen molar-refractivity contribution in [3.8, 4) is 0 Å². The smallest absolute Gasteiger partial charge is 0.462 e. The van der Waals surface area contributed by atoms with Gasteiger partial charge in [0.1, 0.15) is 19.3 Å². The molecule has 3 N–H and O–H groups in total. The Balaban J connectivity index is 5.14. The van der Waals surface area contributed by atoms with Crippen molar-refractivity contribution in [2.75, 3.05) is 39.6 Å². The van der Waals surface area contributed by atoms with Crippen molar-refractivity contribution >= 4 is 39.5 Å². The summed E-state index contributed by atoms with van der Waals surface area (Å²) in [6.45, 7) is 9.41. The number of phosphoric acid groups is 2. The number of rotatable bonds is 67. The summed E-state index contributed by atoms with van der Waals surface area (Å²) >= 11 is 0. The topological polar surface area (TPSA) is 237 Å². The van der Waals surface area contributed by atoms with Crippen LogP contribution in [0.1, 0.15) is 343 Å². The van der Waals surface area contributed by atoms with Crippen LogP contribution < -0.4 is 0 Å². The Bertz CT molecular complexity index is 1700. The zero-order chi connectivity index (χ0) is 64.3. The van der Waals surface area contributed by atoms with E-state index in [1.54, 1.807) is 0 Å². The van der Waals surface area contributed by atoms with Crippen molar-refractivity contribution < 1.29 is 80.2 Å². The molecule has 0 bridgehead atoms. The quantitative estimate of drug-likeness (QED) is 0.0222. The maximum absolute atomic E-state index is 13.0. The van der Waals surface area contributed by atoms with Gasteiger partial charge in [0, 0.05) is 25.7 Å². The number of aliphatic hydroxyl groups is 1. The SMILES string of the molecule is CCCCCCCCCCCCCCCC(=O)OC[C@H](COP(=O)(O)OC[C@@H](O)COP(=O)(O)OC[C@@H](COC(=O)CCCCCCC)OC(=O)CCCCCCCCCC(C)C)OC(=O)CCCCCCCCCCCCCCCCCCC(C)C. The van der Waals surface area contributed by atoms with Gasteiger partial charge in [0.2, 0.25) is 0 Å². The lowest BCUT2D eigenvalue weighted by molar-refractivity contribution is -0.161. The molecule has 0 aliphatic rings. The summed E-state index contributed by atoms with van der Waals surface area (Å²) in [5.74, 6) is -0.634. The lowest BCUT2D eigenvalue weighted by Gasteiger charge is -2.21. The third kappa shape index (κ3) is 62.6. The molecule has 87 heavy (non-hydrogen) atoms. The van der Waals surface area contributed by atoms with Gasteiger partial charge in [0.15, 0.2) is 12.2 Å². The van der Waals surface area contributed by atoms with Gasteiger partial charge in [-0.25, -0.2) is 9.13 Å². The van der Waals surface area contributed by atoms with Crippen LogP contribution >= 0.6 is 15.6 Å². The Morgan fingerprint density at radius 2 is 0.529 bits per heavy atom. The fourth-order valence-corrected chi connectivity index (χ4v) is 11.8. The predicted molar refractivity (Wildman–Crippen MR) is 349 cm³/mol. The molecular formula is C68H132O17P2. The Hall–Kier alpha value is -1.94. The molecule has 0 amide bonds. The molecule has 0 aliphatic heterocycles. The molecule has 0 fully saturated rings. The average Bonchev–Trinajstić information content (AvgIpc) is 3.62. The highest BCUT2D eigenvalue weighted by molar-refractivity contribution is 7.47. The molecule has 0 aromatic carbocycles. The number of ether oxygens (including phenoxy) is 4. The average molecular weight is 1280 g/mol. The Morgan fingerprint density at radius 3 is 0.782 bits per heavy atom. The number of unbranched alkanes of at least 4 members (excludes halogenated alkanes) is 37. The van der Waals surface area contributed by atoms with Crippen LogP contribution in [0.15, 0.2) is 0 Å². The molecule has 17 nitrogen and oxygen atoms in total. The third-order valence-corrected chi connectivity index (χ3v) is 17.6. The first-order valence-corrected chi connectivity index (χ1v) is 38.5. The van der Waals surface area contributed by atoms with E-state index in [1.807, 2.05) is 0 Å². The second-order valence-electron chi connectivity index (χ2n) is 25.5. The lowest BCUT2D eigenvalue weighted by atomic mass is 10.0. The molecule has 0 spiro atoms. The maximum Gasteiger partial charge on any atom is 0.472 e. The van der Waals surface area contributed by atoms with Gasteiger partial charge in [0.05, 0.1) is 26.4 Å². The van der Waals surface area contributed by atoms with Crippen molar-refractivity contribution in [1.82, 2.24) is 0 Å². The molecule has 2 unspecified atom stereocenters. The number of carbonyl (C=O) groups excluding carboxylic acids is 4. The fraction of sp³-hybridized carbons (Fsp3) is 0.941. The van der Waals surface area contributed by atoms with Crippen LogP contribution in [0.25, 0.3) is 0 Å². The zero-order valence-electron chi connectivity index (χ0n) is 56.3. The number of hydrogen-bond donors (Lipinski definition) is 3. The first-order valence-electron chi connectivity index (χ1n) is 35.5. The molecule has 0 aromatic heterocycles. The highest BCUT2D eigenvalue weighted by Gasteiger charge is 2.30. The number of hydrogen-bond acceptors (Lipinski definition) is 15. The molecule has 0 aliphatic carbocycles. The largest absolute Gasteiger partial charge is 0.472 e. The molecule has 516 valence electrons. The highest BCUT2D eigenvalue weighted by Crippen LogP contribution is 2.45. The molecule has 0 heterocycles. The van der Waals surface area contributed by atoms with Crippen LogP contribution in [-0.2, 0) is 65.4 Å². The minimum Gasteiger partial charge on any atom is -0.462 e. The number of carbonyl (C=O) groups is 4. The second-order valence-corrected chi connectivity index (χ2v) is 28.4. The van der Waals surface area contributed by atoms with Crippen molar-refractivity contribution in [1.29, 1.82) is 0 Å². The van der Waals surface area contributed by atoms with Gasteiger partial charge in [-0.3, -0.25) is 37.3 Å². The lowest BCUT2D eigenvalue weighted by Crippen LogP contribution is -2.30. The van der Waals surface area contributed by atoms with Gasteiger partial charge in [-0.2, -0.15) is 0 Å². The number of phosphoric ester groups is 2. The van der Waals surface area contributed by atoms with Crippen LogP contribution in [0, 0.1) is 11.8 Å². The first kappa shape index (κ1) is 85.1. The van der Waals surface area contributed by atoms with E-state index in [0.717, 1.165) is 102 Å². The van der Waals surface area contributed by atoms with Crippen molar-refractivity contribution in [3.63, 3.8) is 0 Å². The summed E-state index contributed by atoms with van der Waals surface area (Å²) in [6, 6.07) is 0. The van der Waals surface area contributed by atoms with Gasteiger partial charge < -0.3 is 33.8 Å². The van der Waals surface area contributed by atoms with Gasteiger partial charge in [-0.15, -0.1) is 0 Å². The fourth-order valence-electron chi connectivity index (χ4n) is 10.2. The van der Waals surface area contributed by atoms with Crippen molar-refractivity contribution in [3.05, 3.63) is 0 Å². The van der Waals surface area contributed by atoms with Gasteiger partial charge >= 0.3 is 39.5 Å². The van der Waals surface area contributed by atoms with E-state index < -0.39 is 97.5 Å². The van der Waals surface area contributed by atoms with E-state index in [4.69, 9.17) is 37.0 Å². The van der Waals surface area contributed by atoms with E-state index in [2.05, 4.69) is 41.5 Å². The maximum atomic E-state index is 13.0. The summed E-state index contributed by atoms with van der Waals surface area (Å²) in [7, 11) is -9.88. The Kier molecular flexibility index (Phi) is 59.0. The van der Waals surface area contributed by atoms with E-state index in [-0.39, 0.29) is 25.7 Å². The second kappa shape index (κ2) is 60.3. The minimum atomic E-state index is -4.95. The molecular weight excluding hydrogens is 1150 g/mol. The monoisotopic (exact) mass is 1280 g/mol. The van der Waals surface area contributed by atoms with Crippen LogP contribution in [-0.4, -0.2) is 96.7 Å². The van der Waals surface area contributed by atoms with Crippen LogP contribution in [0.3, 0.4) is 0 Å². The summed E-state index contributed by atoms with van der Waals surface area (Å²) in [5, 5.41) is 10.5. The van der Waals surface area contributed by atoms with E-state index >= 15 is 0 Å². The Labute approximate surface area is 530 Å². The zero-order valence-corrected chi connectivity index (χ0v) is 58.1. The first-order chi connectivity index (χ1) is 41.9. The van der Waals surface area contributed by atoms with E-state index in [9.17, 15) is 43.2 Å². The number of aliphatic hydroxyl groups excluding tert-OH is 1. The molecule has 0 radical (unpaired) electrons.